The average molecular weight is 324 g/mol. The molecule has 0 saturated carbocycles. The highest BCUT2D eigenvalue weighted by atomic mass is 16.5. The molecule has 124 valence electrons. The van der Waals surface area contributed by atoms with Crippen LogP contribution in [0.25, 0.3) is 5.65 Å². The average Bonchev–Trinajstić information content (AvgIpc) is 2.92. The Morgan fingerprint density at radius 2 is 1.88 bits per heavy atom. The summed E-state index contributed by atoms with van der Waals surface area (Å²) in [5, 5.41) is 9.63. The lowest BCUT2D eigenvalue weighted by atomic mass is 10.0. The Bertz CT molecular complexity index is 912. The zero-order valence-electron chi connectivity index (χ0n) is 14.0. The van der Waals surface area contributed by atoms with E-state index in [9.17, 15) is 9.90 Å². The zero-order valence-corrected chi connectivity index (χ0v) is 14.0. The topological polar surface area (TPSA) is 63.8 Å². The van der Waals surface area contributed by atoms with Gasteiger partial charge in [0.1, 0.15) is 17.1 Å². The molecule has 0 bridgehead atoms. The van der Waals surface area contributed by atoms with Crippen LogP contribution in [0.15, 0.2) is 36.5 Å². The molecular weight excluding hydrogens is 304 g/mol. The van der Waals surface area contributed by atoms with E-state index in [1.807, 2.05) is 44.2 Å². The van der Waals surface area contributed by atoms with Crippen molar-refractivity contribution in [3.8, 4) is 5.75 Å². The first-order chi connectivity index (χ1) is 11.5. The molecule has 0 aliphatic heterocycles. The molecule has 0 spiro atoms. The summed E-state index contributed by atoms with van der Waals surface area (Å²) in [6.07, 6.45) is 3.09. The number of aromatic carboxylic acids is 1. The van der Waals surface area contributed by atoms with Crippen molar-refractivity contribution in [1.82, 2.24) is 9.38 Å². The number of carbonyl (C=O) groups is 1. The summed E-state index contributed by atoms with van der Waals surface area (Å²) in [7, 11) is 1.65. The van der Waals surface area contributed by atoms with Crippen LogP contribution in [-0.4, -0.2) is 27.6 Å². The van der Waals surface area contributed by atoms with Crippen LogP contribution in [0.2, 0.25) is 0 Å². The smallest absolute Gasteiger partial charge is 0.353 e. The molecule has 0 atom stereocenters. The zero-order chi connectivity index (χ0) is 17.3. The van der Waals surface area contributed by atoms with Crippen molar-refractivity contribution in [3.63, 3.8) is 0 Å². The first-order valence-corrected chi connectivity index (χ1v) is 7.84. The first-order valence-electron chi connectivity index (χ1n) is 7.84. The Balaban J connectivity index is 1.96. The van der Waals surface area contributed by atoms with E-state index in [-0.39, 0.29) is 5.69 Å². The maximum Gasteiger partial charge on any atom is 0.353 e. The molecule has 5 nitrogen and oxygen atoms in total. The van der Waals surface area contributed by atoms with Crippen molar-refractivity contribution in [2.24, 2.45) is 0 Å². The highest BCUT2D eigenvalue weighted by molar-refractivity contribution is 5.88. The molecule has 3 aromatic rings. The summed E-state index contributed by atoms with van der Waals surface area (Å²) in [6, 6.07) is 9.79. The molecule has 1 aromatic carbocycles. The second-order valence-electron chi connectivity index (χ2n) is 5.94. The number of fused-ring (bicyclic) bond motifs is 1. The van der Waals surface area contributed by atoms with E-state index in [2.05, 4.69) is 4.98 Å². The molecule has 0 aliphatic rings. The second-order valence-corrected chi connectivity index (χ2v) is 5.94. The predicted molar refractivity (Wildman–Crippen MR) is 92.0 cm³/mol. The molecule has 0 radical (unpaired) electrons. The molecule has 24 heavy (non-hydrogen) atoms. The molecule has 5 heteroatoms. The van der Waals surface area contributed by atoms with E-state index < -0.39 is 5.97 Å². The van der Waals surface area contributed by atoms with Crippen molar-refractivity contribution in [2.45, 2.75) is 26.7 Å². The van der Waals surface area contributed by atoms with Gasteiger partial charge in [0.15, 0.2) is 0 Å². The summed E-state index contributed by atoms with van der Waals surface area (Å²) < 4.78 is 7.09. The van der Waals surface area contributed by atoms with E-state index in [0.29, 0.717) is 18.5 Å². The SMILES string of the molecule is COc1cc(C)ccc1CCc1ccc2nc(C)cn2c1C(=O)O. The fourth-order valence-corrected chi connectivity index (χ4v) is 2.99. The van der Waals surface area contributed by atoms with E-state index in [1.165, 1.54) is 0 Å². The van der Waals surface area contributed by atoms with Crippen molar-refractivity contribution >= 4 is 11.6 Å². The maximum atomic E-state index is 11.8. The van der Waals surface area contributed by atoms with Crippen LogP contribution in [-0.2, 0) is 12.8 Å². The van der Waals surface area contributed by atoms with E-state index in [1.54, 1.807) is 17.7 Å². The van der Waals surface area contributed by atoms with Crippen LogP contribution >= 0.6 is 0 Å². The molecule has 1 N–H and O–H groups in total. The lowest BCUT2D eigenvalue weighted by Gasteiger charge is -2.11. The van der Waals surface area contributed by atoms with Crippen LogP contribution in [0.5, 0.6) is 5.75 Å². The van der Waals surface area contributed by atoms with Crippen LogP contribution in [0.4, 0.5) is 0 Å². The number of hydrogen-bond donors (Lipinski definition) is 1. The monoisotopic (exact) mass is 324 g/mol. The summed E-state index contributed by atoms with van der Waals surface area (Å²) in [5.41, 5.74) is 4.73. The third-order valence-corrected chi connectivity index (χ3v) is 4.14. The highest BCUT2D eigenvalue weighted by Gasteiger charge is 2.16. The van der Waals surface area contributed by atoms with Gasteiger partial charge in [0.2, 0.25) is 0 Å². The van der Waals surface area contributed by atoms with Crippen LogP contribution < -0.4 is 4.74 Å². The Morgan fingerprint density at radius 3 is 2.58 bits per heavy atom. The standard InChI is InChI=1S/C19H20N2O3/c1-12-4-5-14(16(10-12)24-3)6-7-15-8-9-17-20-13(2)11-21(17)18(15)19(22)23/h4-5,8-11H,6-7H2,1-3H3,(H,22,23). The van der Waals surface area contributed by atoms with Gasteiger partial charge in [0.25, 0.3) is 0 Å². The lowest BCUT2D eigenvalue weighted by molar-refractivity contribution is 0.0687. The largest absolute Gasteiger partial charge is 0.496 e. The van der Waals surface area contributed by atoms with Crippen LogP contribution in [0, 0.1) is 13.8 Å². The number of aryl methyl sites for hydroxylation is 4. The van der Waals surface area contributed by atoms with Gasteiger partial charge in [0.05, 0.1) is 12.8 Å². The van der Waals surface area contributed by atoms with Gasteiger partial charge in [0, 0.05) is 6.20 Å². The summed E-state index contributed by atoms with van der Waals surface area (Å²) in [4.78, 5) is 16.1. The third-order valence-electron chi connectivity index (χ3n) is 4.14. The van der Waals surface area contributed by atoms with Gasteiger partial charge in [-0.05, 0) is 55.5 Å². The molecule has 0 saturated heterocycles. The number of ether oxygens (including phenoxy) is 1. The molecule has 3 rings (SSSR count). The number of benzene rings is 1. The predicted octanol–water partition coefficient (Wildman–Crippen LogP) is 3.44. The number of aromatic nitrogens is 2. The summed E-state index contributed by atoms with van der Waals surface area (Å²) in [5.74, 6) is -0.102. The molecule has 0 amide bonds. The first kappa shape index (κ1) is 16.1. The van der Waals surface area contributed by atoms with E-state index in [0.717, 1.165) is 28.1 Å². The Hall–Kier alpha value is -2.82. The van der Waals surface area contributed by atoms with Gasteiger partial charge in [-0.1, -0.05) is 18.2 Å². The molecule has 2 aromatic heterocycles. The van der Waals surface area contributed by atoms with Gasteiger partial charge < -0.3 is 9.84 Å². The Labute approximate surface area is 140 Å². The summed E-state index contributed by atoms with van der Waals surface area (Å²) >= 11 is 0. The van der Waals surface area contributed by atoms with Crippen LogP contribution in [0.3, 0.4) is 0 Å². The van der Waals surface area contributed by atoms with Gasteiger partial charge in [-0.3, -0.25) is 4.40 Å². The molecule has 2 heterocycles. The number of pyridine rings is 1. The van der Waals surface area contributed by atoms with Crippen LogP contribution in [0.1, 0.15) is 32.9 Å². The minimum atomic E-state index is -0.941. The van der Waals surface area contributed by atoms with Gasteiger partial charge in [-0.2, -0.15) is 0 Å². The van der Waals surface area contributed by atoms with Crippen molar-refractivity contribution in [1.29, 1.82) is 0 Å². The Kier molecular flexibility index (Phi) is 4.25. The van der Waals surface area contributed by atoms with Gasteiger partial charge in [-0.25, -0.2) is 9.78 Å². The molecular formula is C19H20N2O3. The van der Waals surface area contributed by atoms with E-state index in [4.69, 9.17) is 4.74 Å². The number of rotatable bonds is 5. The third kappa shape index (κ3) is 2.97. The number of hydrogen-bond acceptors (Lipinski definition) is 3. The highest BCUT2D eigenvalue weighted by Crippen LogP contribution is 2.23. The van der Waals surface area contributed by atoms with Gasteiger partial charge in [-0.15, -0.1) is 0 Å². The number of carboxylic acid groups (broad SMARTS) is 1. The normalized spacial score (nSPS) is 11.0. The maximum absolute atomic E-state index is 11.8. The molecule has 0 aliphatic carbocycles. The number of methoxy groups -OCH3 is 1. The summed E-state index contributed by atoms with van der Waals surface area (Å²) in [6.45, 7) is 3.87. The Morgan fingerprint density at radius 1 is 1.17 bits per heavy atom. The van der Waals surface area contributed by atoms with Crippen molar-refractivity contribution < 1.29 is 14.6 Å². The molecule has 0 fully saturated rings. The minimum Gasteiger partial charge on any atom is -0.496 e. The second kappa shape index (κ2) is 6.35. The number of imidazole rings is 1. The van der Waals surface area contributed by atoms with Crippen molar-refractivity contribution in [3.05, 3.63) is 64.6 Å². The number of nitrogens with zero attached hydrogens (tertiary/aromatic N) is 2. The lowest BCUT2D eigenvalue weighted by Crippen LogP contribution is -2.10. The number of carboxylic acids is 1. The quantitative estimate of drug-likeness (QED) is 0.781. The van der Waals surface area contributed by atoms with Gasteiger partial charge >= 0.3 is 5.97 Å². The fourth-order valence-electron chi connectivity index (χ4n) is 2.99. The minimum absolute atomic E-state index is 0.277. The fraction of sp³-hybridized carbons (Fsp3) is 0.263. The molecule has 0 unspecified atom stereocenters. The van der Waals surface area contributed by atoms with Crippen molar-refractivity contribution in [2.75, 3.05) is 7.11 Å². The van der Waals surface area contributed by atoms with E-state index >= 15 is 0 Å².